The summed E-state index contributed by atoms with van der Waals surface area (Å²) in [5.41, 5.74) is 1.62. The number of halogens is 2. The summed E-state index contributed by atoms with van der Waals surface area (Å²) in [5, 5.41) is 0. The van der Waals surface area contributed by atoms with Gasteiger partial charge in [0.05, 0.1) is 12.3 Å². The van der Waals surface area contributed by atoms with Crippen molar-refractivity contribution < 1.29 is 13.5 Å². The highest BCUT2D eigenvalue weighted by Gasteiger charge is 2.05. The minimum Gasteiger partial charge on any atom is -0.317 e. The molecular formula is C10H13F2NO. The monoisotopic (exact) mass is 201 g/mol. The molecule has 0 atom stereocenters. The lowest BCUT2D eigenvalue weighted by molar-refractivity contribution is -0.137. The van der Waals surface area contributed by atoms with Gasteiger partial charge in [-0.05, 0) is 23.6 Å². The quantitative estimate of drug-likeness (QED) is 0.747. The normalized spacial score (nSPS) is 11.3. The first kappa shape index (κ1) is 11.0. The van der Waals surface area contributed by atoms with Crippen LogP contribution < -0.4 is 0 Å². The maximum atomic E-state index is 11.7. The molecule has 0 radical (unpaired) electrons. The Bertz CT molecular complexity index is 289. The molecule has 0 aliphatic heterocycles. The van der Waals surface area contributed by atoms with Gasteiger partial charge in [0.1, 0.15) is 0 Å². The largest absolute Gasteiger partial charge is 0.345 e. The van der Waals surface area contributed by atoms with E-state index in [2.05, 4.69) is 9.72 Å². The van der Waals surface area contributed by atoms with Gasteiger partial charge in [0.15, 0.2) is 0 Å². The minimum absolute atomic E-state index is 0.141. The van der Waals surface area contributed by atoms with Gasteiger partial charge in [0.2, 0.25) is 0 Å². The van der Waals surface area contributed by atoms with Gasteiger partial charge in [-0.2, -0.15) is 8.78 Å². The minimum atomic E-state index is -2.74. The van der Waals surface area contributed by atoms with E-state index in [9.17, 15) is 8.78 Å². The van der Waals surface area contributed by atoms with Crippen LogP contribution in [0.2, 0.25) is 0 Å². The molecule has 0 bridgehead atoms. The molecular weight excluding hydrogens is 188 g/mol. The second-order valence-electron chi connectivity index (χ2n) is 3.31. The van der Waals surface area contributed by atoms with E-state index >= 15 is 0 Å². The van der Waals surface area contributed by atoms with Gasteiger partial charge in [-0.25, -0.2) is 0 Å². The smallest absolute Gasteiger partial charge is 0.317 e. The topological polar surface area (TPSA) is 22.1 Å². The molecule has 4 heteroatoms. The lowest BCUT2D eigenvalue weighted by Gasteiger charge is -2.07. The number of alkyl halides is 2. The van der Waals surface area contributed by atoms with Crippen molar-refractivity contribution in [1.82, 2.24) is 4.98 Å². The molecule has 0 spiro atoms. The number of pyridine rings is 1. The van der Waals surface area contributed by atoms with Gasteiger partial charge in [0.25, 0.3) is 0 Å². The molecule has 0 amide bonds. The SMILES string of the molecule is CC(C)c1ccnc(COC(F)F)c1. The van der Waals surface area contributed by atoms with Crippen LogP contribution in [0.4, 0.5) is 8.78 Å². The summed E-state index contributed by atoms with van der Waals surface area (Å²) < 4.78 is 27.6. The van der Waals surface area contributed by atoms with Crippen LogP contribution in [0.5, 0.6) is 0 Å². The maximum Gasteiger partial charge on any atom is 0.345 e. The fourth-order valence-corrected chi connectivity index (χ4v) is 1.08. The maximum absolute atomic E-state index is 11.7. The van der Waals surface area contributed by atoms with Crippen molar-refractivity contribution in [2.45, 2.75) is 33.0 Å². The van der Waals surface area contributed by atoms with E-state index in [0.717, 1.165) is 5.56 Å². The first-order chi connectivity index (χ1) is 6.59. The van der Waals surface area contributed by atoms with Gasteiger partial charge in [0, 0.05) is 6.20 Å². The number of ether oxygens (including phenoxy) is 1. The Hall–Kier alpha value is -1.03. The molecule has 0 aromatic carbocycles. The van der Waals surface area contributed by atoms with E-state index in [0.29, 0.717) is 11.6 Å². The highest BCUT2D eigenvalue weighted by Crippen LogP contribution is 2.14. The van der Waals surface area contributed by atoms with Crippen molar-refractivity contribution in [3.8, 4) is 0 Å². The van der Waals surface area contributed by atoms with Crippen LogP contribution in [-0.2, 0) is 11.3 Å². The van der Waals surface area contributed by atoms with Crippen LogP contribution in [-0.4, -0.2) is 11.6 Å². The van der Waals surface area contributed by atoms with Gasteiger partial charge in [-0.1, -0.05) is 13.8 Å². The Morgan fingerprint density at radius 3 is 2.71 bits per heavy atom. The summed E-state index contributed by atoms with van der Waals surface area (Å²) >= 11 is 0. The highest BCUT2D eigenvalue weighted by atomic mass is 19.3. The van der Waals surface area contributed by atoms with Crippen molar-refractivity contribution in [3.63, 3.8) is 0 Å². The average Bonchev–Trinajstić information content (AvgIpc) is 2.15. The molecule has 0 fully saturated rings. The Balaban J connectivity index is 2.64. The van der Waals surface area contributed by atoms with Crippen molar-refractivity contribution in [3.05, 3.63) is 29.6 Å². The van der Waals surface area contributed by atoms with Crippen LogP contribution in [0.3, 0.4) is 0 Å². The van der Waals surface area contributed by atoms with E-state index in [1.807, 2.05) is 19.9 Å². The summed E-state index contributed by atoms with van der Waals surface area (Å²) in [6.07, 6.45) is 1.61. The predicted octanol–water partition coefficient (Wildman–Crippen LogP) is 2.94. The lowest BCUT2D eigenvalue weighted by Crippen LogP contribution is -2.02. The zero-order valence-electron chi connectivity index (χ0n) is 8.21. The summed E-state index contributed by atoms with van der Waals surface area (Å²) in [6, 6.07) is 3.66. The third-order valence-corrected chi connectivity index (χ3v) is 1.86. The standard InChI is InChI=1S/C10H13F2NO/c1-7(2)8-3-4-13-9(5-8)6-14-10(11)12/h3-5,7,10H,6H2,1-2H3. The Morgan fingerprint density at radius 2 is 2.14 bits per heavy atom. The van der Waals surface area contributed by atoms with Crippen molar-refractivity contribution in [1.29, 1.82) is 0 Å². The van der Waals surface area contributed by atoms with Crippen LogP contribution >= 0.6 is 0 Å². The molecule has 2 nitrogen and oxygen atoms in total. The average molecular weight is 201 g/mol. The molecule has 0 unspecified atom stereocenters. The Morgan fingerprint density at radius 1 is 1.43 bits per heavy atom. The first-order valence-electron chi connectivity index (χ1n) is 4.44. The Labute approximate surface area is 81.9 Å². The van der Waals surface area contributed by atoms with E-state index in [4.69, 9.17) is 0 Å². The molecule has 1 heterocycles. The number of aromatic nitrogens is 1. The number of rotatable bonds is 4. The van der Waals surface area contributed by atoms with Crippen LogP contribution in [0.15, 0.2) is 18.3 Å². The summed E-state index contributed by atoms with van der Waals surface area (Å²) in [7, 11) is 0. The molecule has 0 aliphatic carbocycles. The molecule has 0 aliphatic rings. The van der Waals surface area contributed by atoms with E-state index in [1.54, 1.807) is 12.3 Å². The number of hydrogen-bond donors (Lipinski definition) is 0. The molecule has 0 saturated heterocycles. The zero-order valence-corrected chi connectivity index (χ0v) is 8.21. The predicted molar refractivity (Wildman–Crippen MR) is 49.1 cm³/mol. The molecule has 1 aromatic rings. The van der Waals surface area contributed by atoms with Crippen molar-refractivity contribution in [2.24, 2.45) is 0 Å². The first-order valence-corrected chi connectivity index (χ1v) is 4.44. The second-order valence-corrected chi connectivity index (χ2v) is 3.31. The molecule has 78 valence electrons. The molecule has 0 N–H and O–H groups in total. The van der Waals surface area contributed by atoms with Gasteiger partial charge >= 0.3 is 6.61 Å². The third-order valence-electron chi connectivity index (χ3n) is 1.86. The fraction of sp³-hybridized carbons (Fsp3) is 0.500. The Kier molecular flexibility index (Phi) is 3.95. The fourth-order valence-electron chi connectivity index (χ4n) is 1.08. The van der Waals surface area contributed by atoms with Gasteiger partial charge in [-0.3, -0.25) is 4.98 Å². The molecule has 1 aromatic heterocycles. The summed E-state index contributed by atoms with van der Waals surface area (Å²) in [4.78, 5) is 3.94. The number of nitrogens with zero attached hydrogens (tertiary/aromatic N) is 1. The van der Waals surface area contributed by atoms with Gasteiger partial charge in [-0.15, -0.1) is 0 Å². The number of hydrogen-bond acceptors (Lipinski definition) is 2. The third kappa shape index (κ3) is 3.38. The highest BCUT2D eigenvalue weighted by molar-refractivity contribution is 5.18. The van der Waals surface area contributed by atoms with Crippen LogP contribution in [0, 0.1) is 0 Å². The zero-order chi connectivity index (χ0) is 10.6. The summed E-state index contributed by atoms with van der Waals surface area (Å²) in [5.74, 6) is 0.364. The van der Waals surface area contributed by atoms with E-state index in [1.165, 1.54) is 0 Å². The van der Waals surface area contributed by atoms with E-state index in [-0.39, 0.29) is 6.61 Å². The van der Waals surface area contributed by atoms with Gasteiger partial charge < -0.3 is 4.74 Å². The molecule has 14 heavy (non-hydrogen) atoms. The van der Waals surface area contributed by atoms with Crippen LogP contribution in [0.1, 0.15) is 31.0 Å². The summed E-state index contributed by atoms with van der Waals surface area (Å²) in [6.45, 7) is 1.19. The van der Waals surface area contributed by atoms with Crippen molar-refractivity contribution in [2.75, 3.05) is 0 Å². The molecule has 1 rings (SSSR count). The second kappa shape index (κ2) is 5.00. The molecule has 0 saturated carbocycles. The lowest BCUT2D eigenvalue weighted by atomic mass is 10.0. The van der Waals surface area contributed by atoms with Crippen molar-refractivity contribution >= 4 is 0 Å². The van der Waals surface area contributed by atoms with E-state index < -0.39 is 6.61 Å². The van der Waals surface area contributed by atoms with Crippen LogP contribution in [0.25, 0.3) is 0 Å².